The van der Waals surface area contributed by atoms with Crippen molar-refractivity contribution in [2.24, 2.45) is 0 Å². The Kier molecular flexibility index (Phi) is 8.91. The molecule has 3 rings (SSSR count). The summed E-state index contributed by atoms with van der Waals surface area (Å²) in [5.41, 5.74) is 1.10. The zero-order chi connectivity index (χ0) is 26.2. The minimum absolute atomic E-state index is 0.0415. The van der Waals surface area contributed by atoms with Crippen LogP contribution in [0.1, 0.15) is 27.9 Å². The maximum Gasteiger partial charge on any atom is 0.343 e. The van der Waals surface area contributed by atoms with Crippen molar-refractivity contribution in [1.82, 2.24) is 0 Å². The summed E-state index contributed by atoms with van der Waals surface area (Å²) < 4.78 is 36.9. The van der Waals surface area contributed by atoms with E-state index in [0.29, 0.717) is 22.3 Å². The quantitative estimate of drug-likeness (QED) is 0.167. The first kappa shape index (κ1) is 26.6. The standard InChI is InChI=1S/C26H28O10/c1-15-10-24(28)35-20-14-19(16(11-18(15)20)6-7-23(27)34-9-8-30-2)36-26(29)17-12-21(31-3)25(33-5)22(13-17)32-4/h10-14H,6-9H2,1-5H3. The summed E-state index contributed by atoms with van der Waals surface area (Å²) >= 11 is 0. The van der Waals surface area contributed by atoms with Gasteiger partial charge in [0.25, 0.3) is 0 Å². The van der Waals surface area contributed by atoms with Gasteiger partial charge in [-0.05, 0) is 42.7 Å². The lowest BCUT2D eigenvalue weighted by atomic mass is 10.0. The Hall–Kier alpha value is -4.05. The largest absolute Gasteiger partial charge is 0.493 e. The number of fused-ring (bicyclic) bond motifs is 1. The Labute approximate surface area is 207 Å². The minimum Gasteiger partial charge on any atom is -0.493 e. The van der Waals surface area contributed by atoms with Gasteiger partial charge in [0.15, 0.2) is 11.5 Å². The summed E-state index contributed by atoms with van der Waals surface area (Å²) in [6.07, 6.45) is 0.262. The Bertz CT molecular complexity index is 1280. The Balaban J connectivity index is 1.97. The minimum atomic E-state index is -0.715. The number of methoxy groups -OCH3 is 4. The number of carbonyl (C=O) groups excluding carboxylic acids is 2. The van der Waals surface area contributed by atoms with E-state index in [9.17, 15) is 14.4 Å². The maximum atomic E-state index is 13.1. The van der Waals surface area contributed by atoms with Crippen molar-refractivity contribution in [1.29, 1.82) is 0 Å². The molecule has 3 aromatic rings. The number of esters is 2. The average Bonchev–Trinajstić information content (AvgIpc) is 2.86. The Morgan fingerprint density at radius 2 is 1.56 bits per heavy atom. The van der Waals surface area contributed by atoms with Crippen LogP contribution in [0.2, 0.25) is 0 Å². The highest BCUT2D eigenvalue weighted by Crippen LogP contribution is 2.38. The van der Waals surface area contributed by atoms with Gasteiger partial charge in [-0.2, -0.15) is 0 Å². The maximum absolute atomic E-state index is 13.1. The fourth-order valence-electron chi connectivity index (χ4n) is 3.59. The topological polar surface area (TPSA) is 120 Å². The van der Waals surface area contributed by atoms with E-state index in [1.54, 1.807) is 13.0 Å². The van der Waals surface area contributed by atoms with Gasteiger partial charge in [0, 0.05) is 31.0 Å². The van der Waals surface area contributed by atoms with Crippen molar-refractivity contribution >= 4 is 22.9 Å². The van der Waals surface area contributed by atoms with Crippen LogP contribution in [0.4, 0.5) is 0 Å². The summed E-state index contributed by atoms with van der Waals surface area (Å²) in [5.74, 6) is -0.115. The molecule has 0 fully saturated rings. The first-order valence-corrected chi connectivity index (χ1v) is 11.0. The van der Waals surface area contributed by atoms with Gasteiger partial charge in [0.1, 0.15) is 17.9 Å². The lowest BCUT2D eigenvalue weighted by Gasteiger charge is -2.15. The molecular formula is C26H28O10. The van der Waals surface area contributed by atoms with Crippen LogP contribution < -0.4 is 24.6 Å². The third-order valence-electron chi connectivity index (χ3n) is 5.38. The molecule has 0 aliphatic carbocycles. The number of benzene rings is 2. The molecule has 36 heavy (non-hydrogen) atoms. The van der Waals surface area contributed by atoms with E-state index in [-0.39, 0.29) is 54.5 Å². The molecule has 0 atom stereocenters. The molecule has 0 amide bonds. The van der Waals surface area contributed by atoms with Crippen LogP contribution in [0.15, 0.2) is 39.5 Å². The number of hydrogen-bond donors (Lipinski definition) is 0. The van der Waals surface area contributed by atoms with Crippen LogP contribution in [0.5, 0.6) is 23.0 Å². The van der Waals surface area contributed by atoms with Gasteiger partial charge in [-0.25, -0.2) is 9.59 Å². The molecule has 0 unspecified atom stereocenters. The molecule has 0 radical (unpaired) electrons. The zero-order valence-electron chi connectivity index (χ0n) is 20.8. The van der Waals surface area contributed by atoms with Crippen molar-refractivity contribution in [3.8, 4) is 23.0 Å². The number of carbonyl (C=O) groups is 2. The SMILES string of the molecule is COCCOC(=O)CCc1cc2c(C)cc(=O)oc2cc1OC(=O)c1cc(OC)c(OC)c(OC)c1. The summed E-state index contributed by atoms with van der Waals surface area (Å²) in [4.78, 5) is 37.2. The highest BCUT2D eigenvalue weighted by molar-refractivity contribution is 5.94. The number of hydrogen-bond acceptors (Lipinski definition) is 10. The second-order valence-electron chi connectivity index (χ2n) is 7.72. The molecule has 0 aliphatic rings. The fraction of sp³-hybridized carbons (Fsp3) is 0.346. The molecule has 2 aromatic carbocycles. The van der Waals surface area contributed by atoms with E-state index in [1.807, 2.05) is 0 Å². The first-order chi connectivity index (χ1) is 17.3. The molecule has 0 saturated heterocycles. The highest BCUT2D eigenvalue weighted by Gasteiger charge is 2.21. The lowest BCUT2D eigenvalue weighted by Crippen LogP contribution is -2.13. The van der Waals surface area contributed by atoms with Crippen LogP contribution in [0.25, 0.3) is 11.0 Å². The van der Waals surface area contributed by atoms with Crippen LogP contribution in [0, 0.1) is 6.92 Å². The third-order valence-corrected chi connectivity index (χ3v) is 5.38. The monoisotopic (exact) mass is 500 g/mol. The van der Waals surface area contributed by atoms with Gasteiger partial charge < -0.3 is 32.8 Å². The summed E-state index contributed by atoms with van der Waals surface area (Å²) in [6.45, 7) is 2.20. The predicted molar refractivity (Wildman–Crippen MR) is 129 cm³/mol. The van der Waals surface area contributed by atoms with Crippen LogP contribution in [0.3, 0.4) is 0 Å². The van der Waals surface area contributed by atoms with Crippen molar-refractivity contribution < 1.29 is 42.4 Å². The van der Waals surface area contributed by atoms with Crippen LogP contribution in [-0.4, -0.2) is 53.6 Å². The second kappa shape index (κ2) is 12.1. The van der Waals surface area contributed by atoms with Gasteiger partial charge in [0.05, 0.1) is 33.5 Å². The van der Waals surface area contributed by atoms with E-state index in [0.717, 1.165) is 0 Å². The molecule has 10 nitrogen and oxygen atoms in total. The molecule has 0 aliphatic heterocycles. The molecule has 0 N–H and O–H groups in total. The molecule has 1 aromatic heterocycles. The van der Waals surface area contributed by atoms with Crippen LogP contribution >= 0.6 is 0 Å². The predicted octanol–water partition coefficient (Wildman–Crippen LogP) is 3.47. The normalized spacial score (nSPS) is 10.7. The molecule has 192 valence electrons. The van der Waals surface area contributed by atoms with Crippen molar-refractivity contribution in [2.75, 3.05) is 41.7 Å². The van der Waals surface area contributed by atoms with Gasteiger partial charge >= 0.3 is 17.6 Å². The average molecular weight is 501 g/mol. The smallest absolute Gasteiger partial charge is 0.343 e. The molecule has 1 heterocycles. The Morgan fingerprint density at radius 1 is 0.861 bits per heavy atom. The van der Waals surface area contributed by atoms with Gasteiger partial charge in [-0.15, -0.1) is 0 Å². The number of aryl methyl sites for hydroxylation is 2. The van der Waals surface area contributed by atoms with Crippen molar-refractivity contribution in [3.63, 3.8) is 0 Å². The summed E-state index contributed by atoms with van der Waals surface area (Å²) in [5, 5.41) is 0.657. The number of rotatable bonds is 11. The van der Waals surface area contributed by atoms with Gasteiger partial charge in [0.2, 0.25) is 5.75 Å². The molecule has 10 heteroatoms. The van der Waals surface area contributed by atoms with Crippen molar-refractivity contribution in [2.45, 2.75) is 19.8 Å². The fourth-order valence-corrected chi connectivity index (χ4v) is 3.59. The van der Waals surface area contributed by atoms with E-state index in [2.05, 4.69) is 0 Å². The van der Waals surface area contributed by atoms with E-state index < -0.39 is 17.6 Å². The summed E-state index contributed by atoms with van der Waals surface area (Å²) in [6, 6.07) is 7.48. The van der Waals surface area contributed by atoms with E-state index in [4.69, 9.17) is 32.8 Å². The second-order valence-corrected chi connectivity index (χ2v) is 7.72. The molecule has 0 bridgehead atoms. The lowest BCUT2D eigenvalue weighted by molar-refractivity contribution is -0.144. The zero-order valence-corrected chi connectivity index (χ0v) is 20.8. The van der Waals surface area contributed by atoms with Gasteiger partial charge in [-0.1, -0.05) is 0 Å². The Morgan fingerprint density at radius 3 is 2.17 bits per heavy atom. The first-order valence-electron chi connectivity index (χ1n) is 11.0. The van der Waals surface area contributed by atoms with Crippen LogP contribution in [-0.2, 0) is 20.7 Å². The highest BCUT2D eigenvalue weighted by atomic mass is 16.6. The van der Waals surface area contributed by atoms with Crippen molar-refractivity contribution in [3.05, 3.63) is 57.4 Å². The van der Waals surface area contributed by atoms with E-state index in [1.165, 1.54) is 52.7 Å². The van der Waals surface area contributed by atoms with Gasteiger partial charge in [-0.3, -0.25) is 4.79 Å². The molecule has 0 spiro atoms. The van der Waals surface area contributed by atoms with E-state index >= 15 is 0 Å². The molecular weight excluding hydrogens is 472 g/mol. The number of ether oxygens (including phenoxy) is 6. The molecule has 0 saturated carbocycles. The third kappa shape index (κ3) is 6.14. The summed E-state index contributed by atoms with van der Waals surface area (Å²) in [7, 11) is 5.84.